The zero-order valence-electron chi connectivity index (χ0n) is 14.3. The van der Waals surface area contributed by atoms with Crippen molar-refractivity contribution in [1.29, 1.82) is 0 Å². The van der Waals surface area contributed by atoms with Crippen molar-refractivity contribution in [3.63, 3.8) is 0 Å². The van der Waals surface area contributed by atoms with Crippen LogP contribution in [0.4, 0.5) is 5.82 Å². The number of hydrogen-bond donors (Lipinski definition) is 2. The normalized spacial score (nSPS) is 12.3. The number of aromatic nitrogens is 2. The molecule has 124 valence electrons. The lowest BCUT2D eigenvalue weighted by Gasteiger charge is -2.18. The van der Waals surface area contributed by atoms with Gasteiger partial charge in [0.05, 0.1) is 5.69 Å². The Hall–Kier alpha value is -1.94. The fourth-order valence-corrected chi connectivity index (χ4v) is 2.84. The Bertz CT molecular complexity index is 583. The molecule has 0 bridgehead atoms. The third kappa shape index (κ3) is 5.99. The molecule has 0 aliphatic rings. The number of nitrogens with zero attached hydrogens (tertiary/aromatic N) is 2. The second-order valence-corrected chi connectivity index (χ2v) is 6.03. The van der Waals surface area contributed by atoms with E-state index in [4.69, 9.17) is 5.73 Å². The van der Waals surface area contributed by atoms with Gasteiger partial charge in [0.1, 0.15) is 5.82 Å². The van der Waals surface area contributed by atoms with Crippen molar-refractivity contribution in [3.8, 4) is 0 Å². The van der Waals surface area contributed by atoms with Crippen LogP contribution < -0.4 is 11.1 Å². The number of nitrogen functional groups attached to an aromatic ring is 1. The molecule has 0 aliphatic carbocycles. The summed E-state index contributed by atoms with van der Waals surface area (Å²) in [6, 6.07) is 10.6. The third-order valence-corrected chi connectivity index (χ3v) is 3.89. The molecule has 0 aliphatic heterocycles. The summed E-state index contributed by atoms with van der Waals surface area (Å²) in [6.07, 6.45) is 7.18. The van der Waals surface area contributed by atoms with E-state index in [1.165, 1.54) is 5.56 Å². The van der Waals surface area contributed by atoms with Gasteiger partial charge >= 0.3 is 0 Å². The highest BCUT2D eigenvalue weighted by atomic mass is 14.9. The average molecular weight is 312 g/mol. The molecule has 1 unspecified atom stereocenters. The zero-order chi connectivity index (χ0) is 16.5. The molecule has 2 aromatic rings. The molecule has 4 nitrogen and oxygen atoms in total. The summed E-state index contributed by atoms with van der Waals surface area (Å²) in [6.45, 7) is 5.19. The number of aryl methyl sites for hydroxylation is 1. The van der Waals surface area contributed by atoms with Gasteiger partial charge in [-0.15, -0.1) is 0 Å². The molecular weight excluding hydrogens is 284 g/mol. The molecule has 2 rings (SSSR count). The minimum absolute atomic E-state index is 0.394. The van der Waals surface area contributed by atoms with Crippen molar-refractivity contribution in [2.45, 2.75) is 58.5 Å². The second-order valence-electron chi connectivity index (χ2n) is 6.03. The number of anilines is 1. The molecule has 0 amide bonds. The van der Waals surface area contributed by atoms with Gasteiger partial charge in [-0.25, -0.2) is 4.98 Å². The molecule has 0 fully saturated rings. The second kappa shape index (κ2) is 9.26. The van der Waals surface area contributed by atoms with E-state index in [1.807, 2.05) is 30.5 Å². The Balaban J connectivity index is 2.00. The van der Waals surface area contributed by atoms with Gasteiger partial charge in [-0.1, -0.05) is 32.8 Å². The Labute approximate surface area is 139 Å². The Morgan fingerprint density at radius 3 is 2.70 bits per heavy atom. The summed E-state index contributed by atoms with van der Waals surface area (Å²) in [4.78, 5) is 8.89. The fourth-order valence-electron chi connectivity index (χ4n) is 2.84. The summed E-state index contributed by atoms with van der Waals surface area (Å²) in [7, 11) is 0. The van der Waals surface area contributed by atoms with Crippen LogP contribution in [-0.4, -0.2) is 16.0 Å². The summed E-state index contributed by atoms with van der Waals surface area (Å²) >= 11 is 0. The van der Waals surface area contributed by atoms with Gasteiger partial charge in [-0.3, -0.25) is 4.98 Å². The maximum absolute atomic E-state index is 5.96. The van der Waals surface area contributed by atoms with E-state index in [9.17, 15) is 0 Å². The Morgan fingerprint density at radius 1 is 1.13 bits per heavy atom. The van der Waals surface area contributed by atoms with E-state index in [-0.39, 0.29) is 0 Å². The van der Waals surface area contributed by atoms with Crippen LogP contribution in [0.1, 0.15) is 50.1 Å². The number of nitrogens with one attached hydrogen (secondary N) is 1. The minimum Gasteiger partial charge on any atom is -0.384 e. The molecule has 0 saturated carbocycles. The molecule has 0 spiro atoms. The molecule has 0 radical (unpaired) electrons. The van der Waals surface area contributed by atoms with Gasteiger partial charge in [-0.2, -0.15) is 0 Å². The number of rotatable bonds is 9. The maximum atomic E-state index is 5.96. The third-order valence-electron chi connectivity index (χ3n) is 3.89. The Morgan fingerprint density at radius 2 is 2.00 bits per heavy atom. The number of hydrogen-bond acceptors (Lipinski definition) is 4. The summed E-state index contributed by atoms with van der Waals surface area (Å²) in [5.74, 6) is 0.630. The predicted molar refractivity (Wildman–Crippen MR) is 96.1 cm³/mol. The van der Waals surface area contributed by atoms with E-state index in [2.05, 4.69) is 35.2 Å². The molecule has 2 heterocycles. The van der Waals surface area contributed by atoms with Gasteiger partial charge in [0.2, 0.25) is 0 Å². The van der Waals surface area contributed by atoms with Crippen molar-refractivity contribution >= 4 is 5.82 Å². The topological polar surface area (TPSA) is 63.8 Å². The van der Waals surface area contributed by atoms with Crippen molar-refractivity contribution in [2.75, 3.05) is 5.73 Å². The van der Waals surface area contributed by atoms with E-state index < -0.39 is 0 Å². The van der Waals surface area contributed by atoms with E-state index in [0.717, 1.165) is 50.0 Å². The highest BCUT2D eigenvalue weighted by Crippen LogP contribution is 2.13. The van der Waals surface area contributed by atoms with Crippen LogP contribution in [-0.2, 0) is 19.4 Å². The average Bonchev–Trinajstić information content (AvgIpc) is 2.54. The Kier molecular flexibility index (Phi) is 7.01. The molecule has 2 aromatic heterocycles. The van der Waals surface area contributed by atoms with Crippen molar-refractivity contribution < 1.29 is 0 Å². The first-order chi connectivity index (χ1) is 11.2. The van der Waals surface area contributed by atoms with E-state index >= 15 is 0 Å². The van der Waals surface area contributed by atoms with Crippen LogP contribution in [0, 0.1) is 0 Å². The van der Waals surface area contributed by atoms with Crippen LogP contribution >= 0.6 is 0 Å². The van der Waals surface area contributed by atoms with Crippen molar-refractivity contribution in [1.82, 2.24) is 15.3 Å². The van der Waals surface area contributed by atoms with Crippen LogP contribution in [0.3, 0.4) is 0 Å². The van der Waals surface area contributed by atoms with E-state index in [1.54, 1.807) is 0 Å². The van der Waals surface area contributed by atoms with Crippen LogP contribution in [0.2, 0.25) is 0 Å². The summed E-state index contributed by atoms with van der Waals surface area (Å²) in [5.41, 5.74) is 9.40. The van der Waals surface area contributed by atoms with E-state index in [0.29, 0.717) is 11.9 Å². The molecule has 3 N–H and O–H groups in total. The minimum atomic E-state index is 0.394. The molecule has 0 aromatic carbocycles. The van der Waals surface area contributed by atoms with Gasteiger partial charge in [0.15, 0.2) is 0 Å². The molecule has 4 heteroatoms. The van der Waals surface area contributed by atoms with Gasteiger partial charge in [-0.05, 0) is 42.7 Å². The highest BCUT2D eigenvalue weighted by Gasteiger charge is 2.11. The summed E-state index contributed by atoms with van der Waals surface area (Å²) in [5, 5.41) is 3.61. The van der Waals surface area contributed by atoms with Crippen LogP contribution in [0.15, 0.2) is 36.5 Å². The summed E-state index contributed by atoms with van der Waals surface area (Å²) < 4.78 is 0. The highest BCUT2D eigenvalue weighted by molar-refractivity contribution is 5.35. The predicted octanol–water partition coefficient (Wildman–Crippen LogP) is 3.51. The van der Waals surface area contributed by atoms with Crippen LogP contribution in [0.5, 0.6) is 0 Å². The number of nitrogens with two attached hydrogens (primary N) is 1. The smallest absolute Gasteiger partial charge is 0.123 e. The van der Waals surface area contributed by atoms with Gasteiger partial charge in [0, 0.05) is 30.9 Å². The largest absolute Gasteiger partial charge is 0.384 e. The quantitative estimate of drug-likeness (QED) is 0.743. The first-order valence-electron chi connectivity index (χ1n) is 8.59. The lowest BCUT2D eigenvalue weighted by Crippen LogP contribution is -2.31. The fraction of sp³-hybridized carbons (Fsp3) is 0.474. The maximum Gasteiger partial charge on any atom is 0.123 e. The first-order valence-corrected chi connectivity index (χ1v) is 8.59. The molecule has 1 atom stereocenters. The first kappa shape index (κ1) is 17.4. The van der Waals surface area contributed by atoms with Gasteiger partial charge in [0.25, 0.3) is 0 Å². The van der Waals surface area contributed by atoms with Crippen molar-refractivity contribution in [2.24, 2.45) is 0 Å². The monoisotopic (exact) mass is 312 g/mol. The molecule has 23 heavy (non-hydrogen) atoms. The molecular formula is C19H28N4. The standard InChI is InChI=1S/C19H28N4/c1-3-7-15-11-18(23-19(20)12-15)13-16(8-4-2)22-14-17-9-5-6-10-21-17/h5-6,9-12,16,22H,3-4,7-8,13-14H2,1-2H3,(H2,20,23). The number of pyridine rings is 2. The zero-order valence-corrected chi connectivity index (χ0v) is 14.3. The van der Waals surface area contributed by atoms with Crippen molar-refractivity contribution in [3.05, 3.63) is 53.5 Å². The molecule has 0 saturated heterocycles. The lowest BCUT2D eigenvalue weighted by atomic mass is 10.0. The SMILES string of the molecule is CCCc1cc(N)nc(CC(CCC)NCc2ccccn2)c1. The lowest BCUT2D eigenvalue weighted by molar-refractivity contribution is 0.465. The van der Waals surface area contributed by atoms with Crippen LogP contribution in [0.25, 0.3) is 0 Å². The van der Waals surface area contributed by atoms with Gasteiger partial charge < -0.3 is 11.1 Å².